The van der Waals surface area contributed by atoms with E-state index in [-0.39, 0.29) is 18.2 Å². The largest absolute Gasteiger partial charge is 0.375 e. The van der Waals surface area contributed by atoms with Gasteiger partial charge in [-0.1, -0.05) is 12.1 Å². The summed E-state index contributed by atoms with van der Waals surface area (Å²) < 4.78 is 17.9. The van der Waals surface area contributed by atoms with Gasteiger partial charge in [0.15, 0.2) is 0 Å². The number of para-hydroxylation sites is 1. The Morgan fingerprint density at radius 1 is 1.50 bits per heavy atom. The molecule has 0 radical (unpaired) electrons. The van der Waals surface area contributed by atoms with Gasteiger partial charge in [-0.2, -0.15) is 0 Å². The Labute approximate surface area is 82.1 Å². The standard InChI is InChI=1S/C10H12FNO2/c1-12(10(13)7-14-2)9-6-4-3-5-8(9)11/h3-6H,7H2,1-2H3. The van der Waals surface area contributed by atoms with Gasteiger partial charge in [-0.25, -0.2) is 4.39 Å². The molecule has 0 spiro atoms. The van der Waals surface area contributed by atoms with Crippen molar-refractivity contribution in [2.75, 3.05) is 25.7 Å². The lowest BCUT2D eigenvalue weighted by Crippen LogP contribution is -2.30. The Morgan fingerprint density at radius 3 is 2.71 bits per heavy atom. The molecule has 1 aromatic rings. The first-order valence-corrected chi connectivity index (χ1v) is 4.17. The summed E-state index contributed by atoms with van der Waals surface area (Å²) in [5, 5.41) is 0. The minimum absolute atomic E-state index is 0.0508. The second-order valence-corrected chi connectivity index (χ2v) is 2.84. The highest BCUT2D eigenvalue weighted by atomic mass is 19.1. The highest BCUT2D eigenvalue weighted by molar-refractivity contribution is 5.93. The van der Waals surface area contributed by atoms with Crippen LogP contribution in [0.1, 0.15) is 0 Å². The van der Waals surface area contributed by atoms with Crippen LogP contribution in [-0.4, -0.2) is 26.7 Å². The Kier molecular flexibility index (Phi) is 3.59. The molecule has 0 aliphatic heterocycles. The van der Waals surface area contributed by atoms with E-state index in [1.165, 1.54) is 25.1 Å². The molecular weight excluding hydrogens is 185 g/mol. The van der Waals surface area contributed by atoms with Crippen LogP contribution in [0.5, 0.6) is 0 Å². The summed E-state index contributed by atoms with van der Waals surface area (Å²) in [6.45, 7) is -0.0508. The summed E-state index contributed by atoms with van der Waals surface area (Å²) in [4.78, 5) is 12.6. The molecule has 0 saturated carbocycles. The van der Waals surface area contributed by atoms with Gasteiger partial charge >= 0.3 is 0 Å². The van der Waals surface area contributed by atoms with Crippen molar-refractivity contribution in [2.45, 2.75) is 0 Å². The molecule has 4 heteroatoms. The summed E-state index contributed by atoms with van der Waals surface area (Å²) in [6.07, 6.45) is 0. The van der Waals surface area contributed by atoms with Gasteiger partial charge in [-0.05, 0) is 12.1 Å². The van der Waals surface area contributed by atoms with Crippen molar-refractivity contribution in [3.8, 4) is 0 Å². The van der Waals surface area contributed by atoms with E-state index in [9.17, 15) is 9.18 Å². The maximum absolute atomic E-state index is 13.2. The highest BCUT2D eigenvalue weighted by Gasteiger charge is 2.13. The lowest BCUT2D eigenvalue weighted by Gasteiger charge is -2.17. The molecule has 76 valence electrons. The summed E-state index contributed by atoms with van der Waals surface area (Å²) in [7, 11) is 2.94. The fraction of sp³-hybridized carbons (Fsp3) is 0.300. The first kappa shape index (κ1) is 10.7. The van der Waals surface area contributed by atoms with Crippen molar-refractivity contribution in [3.63, 3.8) is 0 Å². The molecule has 0 heterocycles. The van der Waals surface area contributed by atoms with Crippen molar-refractivity contribution in [2.24, 2.45) is 0 Å². The third-order valence-corrected chi connectivity index (χ3v) is 1.86. The van der Waals surface area contributed by atoms with Crippen LogP contribution in [-0.2, 0) is 9.53 Å². The van der Waals surface area contributed by atoms with Crippen LogP contribution in [0.15, 0.2) is 24.3 Å². The van der Waals surface area contributed by atoms with E-state index >= 15 is 0 Å². The van der Waals surface area contributed by atoms with E-state index in [1.54, 1.807) is 18.2 Å². The zero-order valence-electron chi connectivity index (χ0n) is 8.16. The van der Waals surface area contributed by atoms with Crippen molar-refractivity contribution in [1.82, 2.24) is 0 Å². The molecule has 14 heavy (non-hydrogen) atoms. The maximum Gasteiger partial charge on any atom is 0.252 e. The first-order valence-electron chi connectivity index (χ1n) is 4.17. The molecule has 0 aliphatic rings. The Bertz CT molecular complexity index is 328. The lowest BCUT2D eigenvalue weighted by atomic mass is 10.3. The van der Waals surface area contributed by atoms with E-state index in [2.05, 4.69) is 4.74 Å². The molecule has 0 aliphatic carbocycles. The number of hydrogen-bond acceptors (Lipinski definition) is 2. The molecule has 0 saturated heterocycles. The lowest BCUT2D eigenvalue weighted by molar-refractivity contribution is -0.121. The number of rotatable bonds is 3. The second-order valence-electron chi connectivity index (χ2n) is 2.84. The normalized spacial score (nSPS) is 9.93. The van der Waals surface area contributed by atoms with Crippen molar-refractivity contribution >= 4 is 11.6 Å². The third-order valence-electron chi connectivity index (χ3n) is 1.86. The van der Waals surface area contributed by atoms with Crippen molar-refractivity contribution in [1.29, 1.82) is 0 Å². The quantitative estimate of drug-likeness (QED) is 0.733. The summed E-state index contributed by atoms with van der Waals surface area (Å²) in [5.74, 6) is -0.697. The maximum atomic E-state index is 13.2. The van der Waals surface area contributed by atoms with Gasteiger partial charge in [0.05, 0.1) is 5.69 Å². The van der Waals surface area contributed by atoms with Crippen molar-refractivity contribution < 1.29 is 13.9 Å². The topological polar surface area (TPSA) is 29.5 Å². The van der Waals surface area contributed by atoms with Crippen LogP contribution in [0.4, 0.5) is 10.1 Å². The summed E-state index contributed by atoms with van der Waals surface area (Å²) in [6, 6.07) is 6.11. The van der Waals surface area contributed by atoms with Crippen LogP contribution in [0.25, 0.3) is 0 Å². The van der Waals surface area contributed by atoms with E-state index in [1.807, 2.05) is 0 Å². The zero-order valence-corrected chi connectivity index (χ0v) is 8.16. The van der Waals surface area contributed by atoms with E-state index in [4.69, 9.17) is 0 Å². The molecule has 0 aromatic heterocycles. The van der Waals surface area contributed by atoms with Crippen LogP contribution >= 0.6 is 0 Å². The predicted octanol–water partition coefficient (Wildman–Crippen LogP) is 1.43. The minimum Gasteiger partial charge on any atom is -0.375 e. The molecule has 3 nitrogen and oxygen atoms in total. The zero-order chi connectivity index (χ0) is 10.6. The molecule has 0 bridgehead atoms. The van der Waals surface area contributed by atoms with E-state index < -0.39 is 5.82 Å². The number of methoxy groups -OCH3 is 1. The van der Waals surface area contributed by atoms with Gasteiger partial charge in [0.1, 0.15) is 12.4 Å². The van der Waals surface area contributed by atoms with Crippen LogP contribution in [0, 0.1) is 5.82 Å². The Hall–Kier alpha value is -1.42. The number of amides is 1. The summed E-state index contributed by atoms with van der Waals surface area (Å²) in [5.41, 5.74) is 0.259. The smallest absolute Gasteiger partial charge is 0.252 e. The van der Waals surface area contributed by atoms with Gasteiger partial charge in [0.25, 0.3) is 5.91 Å². The molecule has 1 rings (SSSR count). The van der Waals surface area contributed by atoms with Gasteiger partial charge in [0.2, 0.25) is 0 Å². The van der Waals surface area contributed by atoms with Gasteiger partial charge < -0.3 is 9.64 Å². The molecule has 0 N–H and O–H groups in total. The molecule has 0 atom stereocenters. The first-order chi connectivity index (χ1) is 6.66. The molecule has 1 amide bonds. The number of halogens is 1. The van der Waals surface area contributed by atoms with Crippen LogP contribution in [0.3, 0.4) is 0 Å². The Balaban J connectivity index is 2.84. The molecule has 0 fully saturated rings. The predicted molar refractivity (Wildman–Crippen MR) is 51.7 cm³/mol. The SMILES string of the molecule is COCC(=O)N(C)c1ccccc1F. The van der Waals surface area contributed by atoms with Gasteiger partial charge in [-0.3, -0.25) is 4.79 Å². The fourth-order valence-corrected chi connectivity index (χ4v) is 1.08. The molecular formula is C10H12FNO2. The van der Waals surface area contributed by atoms with Crippen LogP contribution < -0.4 is 4.90 Å². The van der Waals surface area contributed by atoms with Crippen molar-refractivity contribution in [3.05, 3.63) is 30.1 Å². The van der Waals surface area contributed by atoms with Crippen LogP contribution in [0.2, 0.25) is 0 Å². The van der Waals surface area contributed by atoms with E-state index in [0.29, 0.717) is 0 Å². The highest BCUT2D eigenvalue weighted by Crippen LogP contribution is 2.16. The number of carbonyl (C=O) groups excluding carboxylic acids is 1. The molecule has 0 unspecified atom stereocenters. The second kappa shape index (κ2) is 4.72. The Morgan fingerprint density at radius 2 is 2.14 bits per heavy atom. The third kappa shape index (κ3) is 2.29. The number of ether oxygens (including phenoxy) is 1. The minimum atomic E-state index is -0.417. The summed E-state index contributed by atoms with van der Waals surface area (Å²) >= 11 is 0. The average Bonchev–Trinajstić information content (AvgIpc) is 2.18. The van der Waals surface area contributed by atoms with E-state index in [0.717, 1.165) is 0 Å². The number of likely N-dealkylation sites (N-methyl/N-ethyl adjacent to an activating group) is 1. The average molecular weight is 197 g/mol. The number of nitrogens with zero attached hydrogens (tertiary/aromatic N) is 1. The number of carbonyl (C=O) groups is 1. The number of anilines is 1. The monoisotopic (exact) mass is 197 g/mol. The van der Waals surface area contributed by atoms with Gasteiger partial charge in [0, 0.05) is 14.2 Å². The number of benzene rings is 1. The number of hydrogen-bond donors (Lipinski definition) is 0. The molecule has 1 aromatic carbocycles. The fourth-order valence-electron chi connectivity index (χ4n) is 1.08. The van der Waals surface area contributed by atoms with Gasteiger partial charge in [-0.15, -0.1) is 0 Å².